The van der Waals surface area contributed by atoms with Gasteiger partial charge in [-0.1, -0.05) is 18.2 Å². The number of nitrogens with one attached hydrogen (secondary N) is 1. The molecule has 0 bridgehead atoms. The second kappa shape index (κ2) is 8.61. The summed E-state index contributed by atoms with van der Waals surface area (Å²) in [5.41, 5.74) is 4.18. The molecule has 0 aliphatic rings. The van der Waals surface area contributed by atoms with Crippen molar-refractivity contribution in [3.63, 3.8) is 0 Å². The average Bonchev–Trinajstić information content (AvgIpc) is 2.66. The molecule has 136 valence electrons. The van der Waals surface area contributed by atoms with Crippen molar-refractivity contribution in [1.29, 1.82) is 0 Å². The highest BCUT2D eigenvalue weighted by Crippen LogP contribution is 2.27. The summed E-state index contributed by atoms with van der Waals surface area (Å²) in [5, 5.41) is 14.8. The highest BCUT2D eigenvalue weighted by Gasteiger charge is 2.10. The lowest BCUT2D eigenvalue weighted by molar-refractivity contribution is -0.384. The van der Waals surface area contributed by atoms with Crippen LogP contribution in [-0.4, -0.2) is 30.8 Å². The number of rotatable bonds is 7. The number of ether oxygens (including phenoxy) is 2. The molecule has 0 aromatic heterocycles. The number of hydrazone groups is 1. The molecule has 8 heteroatoms. The van der Waals surface area contributed by atoms with Crippen molar-refractivity contribution in [2.75, 3.05) is 14.2 Å². The van der Waals surface area contributed by atoms with Gasteiger partial charge in [0.1, 0.15) is 0 Å². The molecule has 2 rings (SSSR count). The summed E-state index contributed by atoms with van der Waals surface area (Å²) in [6, 6.07) is 11.3. The minimum Gasteiger partial charge on any atom is -0.493 e. The Kier molecular flexibility index (Phi) is 6.26. The molecule has 0 heterocycles. The van der Waals surface area contributed by atoms with E-state index in [9.17, 15) is 14.9 Å². The molecule has 0 aliphatic carbocycles. The number of carbonyl (C=O) groups is 1. The maximum Gasteiger partial charge on any atom is 0.270 e. The molecule has 1 amide bonds. The lowest BCUT2D eigenvalue weighted by atomic mass is 10.1. The molecule has 0 saturated carbocycles. The third-order valence-electron chi connectivity index (χ3n) is 3.64. The fourth-order valence-corrected chi connectivity index (χ4v) is 2.27. The lowest BCUT2D eigenvalue weighted by Crippen LogP contribution is -2.21. The summed E-state index contributed by atoms with van der Waals surface area (Å²) < 4.78 is 10.4. The van der Waals surface area contributed by atoms with E-state index >= 15 is 0 Å². The third-order valence-corrected chi connectivity index (χ3v) is 3.64. The summed E-state index contributed by atoms with van der Waals surface area (Å²) >= 11 is 0. The van der Waals surface area contributed by atoms with Gasteiger partial charge in [-0.2, -0.15) is 5.10 Å². The molecular formula is C18H19N3O5. The van der Waals surface area contributed by atoms with Crippen LogP contribution in [-0.2, 0) is 11.2 Å². The zero-order valence-electron chi connectivity index (χ0n) is 14.7. The molecular weight excluding hydrogens is 338 g/mol. The number of hydrogen-bond acceptors (Lipinski definition) is 6. The zero-order chi connectivity index (χ0) is 19.1. The molecule has 0 fully saturated rings. The molecule has 0 aliphatic heterocycles. The van der Waals surface area contributed by atoms with Gasteiger partial charge in [0.15, 0.2) is 11.5 Å². The first kappa shape index (κ1) is 18.9. The maximum absolute atomic E-state index is 12.1. The second-order valence-electron chi connectivity index (χ2n) is 5.41. The number of nitrogens with zero attached hydrogens (tertiary/aromatic N) is 2. The summed E-state index contributed by atoms with van der Waals surface area (Å²) in [6.45, 7) is 1.66. The van der Waals surface area contributed by atoms with Crippen LogP contribution in [0.5, 0.6) is 11.5 Å². The van der Waals surface area contributed by atoms with Crippen molar-refractivity contribution in [1.82, 2.24) is 5.43 Å². The fourth-order valence-electron chi connectivity index (χ4n) is 2.27. The number of hydrogen-bond donors (Lipinski definition) is 1. The number of benzene rings is 2. The van der Waals surface area contributed by atoms with Crippen LogP contribution in [0.4, 0.5) is 5.69 Å². The first-order valence-electron chi connectivity index (χ1n) is 7.73. The monoisotopic (exact) mass is 357 g/mol. The van der Waals surface area contributed by atoms with Gasteiger partial charge >= 0.3 is 0 Å². The third kappa shape index (κ3) is 4.79. The molecule has 0 unspecified atom stereocenters. The van der Waals surface area contributed by atoms with Crippen LogP contribution >= 0.6 is 0 Å². The van der Waals surface area contributed by atoms with Crippen molar-refractivity contribution in [3.05, 3.63) is 63.7 Å². The van der Waals surface area contributed by atoms with Gasteiger partial charge in [0.2, 0.25) is 5.91 Å². The van der Waals surface area contributed by atoms with Crippen LogP contribution in [0.2, 0.25) is 0 Å². The van der Waals surface area contributed by atoms with Crippen molar-refractivity contribution < 1.29 is 19.2 Å². The van der Waals surface area contributed by atoms with Gasteiger partial charge in [-0.05, 0) is 24.6 Å². The van der Waals surface area contributed by atoms with E-state index in [1.54, 1.807) is 37.3 Å². The van der Waals surface area contributed by atoms with E-state index in [1.165, 1.54) is 26.4 Å². The highest BCUT2D eigenvalue weighted by molar-refractivity contribution is 5.99. The predicted octanol–water partition coefficient (Wildman–Crippen LogP) is 2.69. The van der Waals surface area contributed by atoms with Crippen LogP contribution in [0.15, 0.2) is 47.6 Å². The van der Waals surface area contributed by atoms with Crippen molar-refractivity contribution >= 4 is 17.3 Å². The summed E-state index contributed by atoms with van der Waals surface area (Å²) in [5.74, 6) is 0.798. The Morgan fingerprint density at radius 3 is 2.54 bits per heavy atom. The number of nitro groups is 1. The van der Waals surface area contributed by atoms with Crippen LogP contribution in [0.1, 0.15) is 18.1 Å². The second-order valence-corrected chi connectivity index (χ2v) is 5.41. The molecule has 2 aromatic carbocycles. The number of nitro benzene ring substituents is 1. The minimum absolute atomic E-state index is 0.0336. The van der Waals surface area contributed by atoms with Gasteiger partial charge in [-0.3, -0.25) is 14.9 Å². The van der Waals surface area contributed by atoms with E-state index in [0.29, 0.717) is 22.8 Å². The Balaban J connectivity index is 2.04. The van der Waals surface area contributed by atoms with Crippen LogP contribution < -0.4 is 14.9 Å². The Labute approximate surface area is 150 Å². The number of methoxy groups -OCH3 is 2. The summed E-state index contributed by atoms with van der Waals surface area (Å²) in [4.78, 5) is 22.4. The van der Waals surface area contributed by atoms with Gasteiger partial charge in [0.25, 0.3) is 5.69 Å². The Morgan fingerprint density at radius 2 is 1.88 bits per heavy atom. The van der Waals surface area contributed by atoms with Gasteiger partial charge in [0, 0.05) is 17.7 Å². The number of carbonyl (C=O) groups excluding carboxylic acids is 1. The van der Waals surface area contributed by atoms with Crippen molar-refractivity contribution in [3.8, 4) is 11.5 Å². The summed E-state index contributed by atoms with van der Waals surface area (Å²) in [7, 11) is 3.06. The fraction of sp³-hybridized carbons (Fsp3) is 0.222. The quantitative estimate of drug-likeness (QED) is 0.466. The Morgan fingerprint density at radius 1 is 1.15 bits per heavy atom. The SMILES string of the molecule is COc1ccc(CC(=O)N/N=C(/C)c2cccc([N+](=O)[O-])c2)cc1OC. The first-order valence-corrected chi connectivity index (χ1v) is 7.73. The zero-order valence-corrected chi connectivity index (χ0v) is 14.7. The van der Waals surface area contributed by atoms with Gasteiger partial charge in [0.05, 0.1) is 31.3 Å². The van der Waals surface area contributed by atoms with Crippen molar-refractivity contribution in [2.45, 2.75) is 13.3 Å². The largest absolute Gasteiger partial charge is 0.493 e. The lowest BCUT2D eigenvalue weighted by Gasteiger charge is -2.09. The van der Waals surface area contributed by atoms with Crippen LogP contribution in [0.25, 0.3) is 0 Å². The topological polar surface area (TPSA) is 103 Å². The highest BCUT2D eigenvalue weighted by atomic mass is 16.6. The molecule has 0 spiro atoms. The summed E-state index contributed by atoms with van der Waals surface area (Å²) in [6.07, 6.45) is 0.103. The van der Waals surface area contributed by atoms with Gasteiger partial charge in [-0.15, -0.1) is 0 Å². The smallest absolute Gasteiger partial charge is 0.270 e. The molecule has 0 radical (unpaired) electrons. The van der Waals surface area contributed by atoms with Gasteiger partial charge < -0.3 is 9.47 Å². The van der Waals surface area contributed by atoms with E-state index in [4.69, 9.17) is 9.47 Å². The minimum atomic E-state index is -0.480. The molecule has 0 saturated heterocycles. The van der Waals surface area contributed by atoms with Gasteiger partial charge in [-0.25, -0.2) is 5.43 Å². The average molecular weight is 357 g/mol. The van der Waals surface area contributed by atoms with Crippen molar-refractivity contribution in [2.24, 2.45) is 5.10 Å². The van der Waals surface area contributed by atoms with Crippen LogP contribution in [0, 0.1) is 10.1 Å². The standard InChI is InChI=1S/C18H19N3O5/c1-12(14-5-4-6-15(11-14)21(23)24)19-20-18(22)10-13-7-8-16(25-2)17(9-13)26-3/h4-9,11H,10H2,1-3H3,(H,20,22)/b19-12-. The Hall–Kier alpha value is -3.42. The van der Waals surface area contributed by atoms with E-state index in [2.05, 4.69) is 10.5 Å². The Bertz CT molecular complexity index is 848. The molecule has 26 heavy (non-hydrogen) atoms. The molecule has 2 aromatic rings. The molecule has 0 atom stereocenters. The van der Waals surface area contributed by atoms with E-state index in [0.717, 1.165) is 5.56 Å². The van der Waals surface area contributed by atoms with E-state index in [1.807, 2.05) is 0 Å². The van der Waals surface area contributed by atoms with Crippen LogP contribution in [0.3, 0.4) is 0 Å². The number of amides is 1. The number of non-ortho nitro benzene ring substituents is 1. The predicted molar refractivity (Wildman–Crippen MR) is 96.7 cm³/mol. The molecule has 1 N–H and O–H groups in total. The van der Waals surface area contributed by atoms with E-state index in [-0.39, 0.29) is 18.0 Å². The first-order chi connectivity index (χ1) is 12.4. The van der Waals surface area contributed by atoms with E-state index < -0.39 is 4.92 Å². The molecule has 8 nitrogen and oxygen atoms in total. The normalized spacial score (nSPS) is 11.0. The maximum atomic E-state index is 12.1.